The van der Waals surface area contributed by atoms with Crippen LogP contribution in [-0.2, 0) is 81.0 Å². The van der Waals surface area contributed by atoms with Gasteiger partial charge in [0, 0.05) is 0 Å². The molecule has 35 N–H and O–H groups in total. The minimum Gasteiger partial charge on any atom is -0.504 e. The zero-order chi connectivity index (χ0) is 95.3. The van der Waals surface area contributed by atoms with Gasteiger partial charge in [0.15, 0.2) is 117 Å². The van der Waals surface area contributed by atoms with Crippen molar-refractivity contribution < 1.29 is 284 Å². The number of phenolic OH excluding ortho intramolecular Hbond substituents is 15. The summed E-state index contributed by atoms with van der Waals surface area (Å²) in [6, 6.07) is 6.86. The smallest absolute Gasteiger partial charge is 0.350 e. The lowest BCUT2D eigenvalue weighted by Gasteiger charge is -2.39. The predicted molar refractivity (Wildman–Crippen MR) is 371 cm³/mol. The molecule has 0 spiro atoms. The number of aromatic hydroxyl groups is 15. The second-order valence-corrected chi connectivity index (χ2v) is 24.6. The van der Waals surface area contributed by atoms with Gasteiger partial charge in [0.2, 0.25) is 30.7 Å². The maximum absolute atomic E-state index is 12.0. The number of carbonyl (C=O) groups excluding carboxylic acids is 8. The third-order valence-corrected chi connectivity index (χ3v) is 16.0. The Labute approximate surface area is 683 Å². The molecule has 57 nitrogen and oxygen atoms in total. The van der Waals surface area contributed by atoms with Gasteiger partial charge in [-0.1, -0.05) is 0 Å². The van der Waals surface area contributed by atoms with E-state index in [2.05, 4.69) is 33.2 Å². The number of carbonyl (C=O) groups is 13. The summed E-state index contributed by atoms with van der Waals surface area (Å²) < 4.78 is 40.8. The first kappa shape index (κ1) is 104. The van der Waals surface area contributed by atoms with Gasteiger partial charge < -0.3 is 221 Å². The normalized spacial score (nSPS) is 20.0. The molecular formula is C67H74O57. The Morgan fingerprint density at radius 3 is 0.871 bits per heavy atom. The van der Waals surface area contributed by atoms with E-state index >= 15 is 0 Å². The second kappa shape index (κ2) is 44.7. The summed E-state index contributed by atoms with van der Waals surface area (Å²) in [5.41, 5.74) is -2.67. The van der Waals surface area contributed by atoms with Gasteiger partial charge in [-0.2, -0.15) is 0 Å². The number of carboxylic acids is 5. The number of cyclic esters (lactones) is 1. The number of aliphatic carboxylic acids is 5. The van der Waals surface area contributed by atoms with Crippen LogP contribution in [0.1, 0.15) is 51.8 Å². The van der Waals surface area contributed by atoms with E-state index in [0.29, 0.717) is 48.5 Å². The molecule has 124 heavy (non-hydrogen) atoms. The summed E-state index contributed by atoms with van der Waals surface area (Å²) in [6.45, 7) is -0.695. The Balaban J connectivity index is 0.000000400. The third kappa shape index (κ3) is 26.3. The number of phenols is 15. The van der Waals surface area contributed by atoms with Gasteiger partial charge in [-0.05, 0) is 60.7 Å². The molecule has 0 saturated carbocycles. The zero-order valence-electron chi connectivity index (χ0n) is 61.7. The van der Waals surface area contributed by atoms with Crippen molar-refractivity contribution >= 4 is 77.6 Å². The standard InChI is InChI=1S/2C14H16O12.C13H14O12.C13H12O11.C13H16O10/c1-25-14(24)10(20)8(18)9(19)11(12(21)22)26-13(23)4-2-5(15)7(17)6(16)3-4;1-25-14(24)11(9(19)8(18)10(20)12(21)22)26-13(23)4-2-5(15)7(17)6(16)3-4;14-4-1-3(2-5(15)6(4)16)13(24)25-10(12(22)23)8(18)7(17)9(19)11(20)21;14-4-1-3(2-5(15)6(4)16)12(21)24-10(11(19)20)9-7(17)8(18)13(22)23-9;14-3-7-9(18)10(19)11(20)13(22-7)23-12(21)4-1-5(15)8(17)6(16)2-4/h2*2-3,8-11,15-20H,1H3,(H,21,22);1-2,7-10,14-19H,(H,20,21)(H,22,23);1-2,7-10,14-18H,(H,19,20);1-2,7,9-11,13-20H,3H2/t2*8-,9+,10+,11-;7-,8+,9+,10-;7-,8-,9-,10+;7?,9-,10+,11?,13+/m11101/s1. The predicted octanol–water partition coefficient (Wildman–Crippen LogP) is -11.3. The molecule has 2 aliphatic heterocycles. The number of ether oxygens (including phenoxy) is 9. The number of methoxy groups -OCH3 is 2. The van der Waals surface area contributed by atoms with Crippen molar-refractivity contribution in [2.45, 2.75) is 128 Å². The number of rotatable bonds is 28. The molecule has 0 bridgehead atoms. The molecule has 0 amide bonds. The first-order valence-corrected chi connectivity index (χ1v) is 33.0. The summed E-state index contributed by atoms with van der Waals surface area (Å²) in [6.07, 6.45) is -45.2. The van der Waals surface area contributed by atoms with Gasteiger partial charge in [0.05, 0.1) is 48.6 Å². The molecule has 0 radical (unpaired) electrons. The lowest BCUT2D eigenvalue weighted by atomic mass is 9.99. The van der Waals surface area contributed by atoms with E-state index < -0.39 is 321 Å². The highest BCUT2D eigenvalue weighted by Gasteiger charge is 2.52. The van der Waals surface area contributed by atoms with Crippen LogP contribution in [0.3, 0.4) is 0 Å². The van der Waals surface area contributed by atoms with Crippen LogP contribution in [0, 0.1) is 0 Å². The van der Waals surface area contributed by atoms with Crippen molar-refractivity contribution in [3.63, 3.8) is 0 Å². The minimum absolute atomic E-state index is 0.366. The van der Waals surface area contributed by atoms with Crippen molar-refractivity contribution in [1.29, 1.82) is 0 Å². The Morgan fingerprint density at radius 1 is 0.339 bits per heavy atom. The molecule has 2 aliphatic rings. The minimum atomic E-state index is -2.56. The molecule has 5 aromatic carbocycles. The van der Waals surface area contributed by atoms with Crippen LogP contribution >= 0.6 is 0 Å². The van der Waals surface area contributed by atoms with E-state index in [1.54, 1.807) is 0 Å². The average molecular weight is 1790 g/mol. The summed E-state index contributed by atoms with van der Waals surface area (Å²) in [4.78, 5) is 148. The van der Waals surface area contributed by atoms with Crippen LogP contribution in [0.2, 0.25) is 0 Å². The largest absolute Gasteiger partial charge is 0.504 e. The van der Waals surface area contributed by atoms with E-state index in [1.165, 1.54) is 0 Å². The quantitative estimate of drug-likeness (QED) is 0.0126. The van der Waals surface area contributed by atoms with E-state index in [1.807, 2.05) is 0 Å². The van der Waals surface area contributed by atoms with Crippen molar-refractivity contribution in [3.8, 4) is 86.2 Å². The van der Waals surface area contributed by atoms with E-state index in [9.17, 15) is 200 Å². The van der Waals surface area contributed by atoms with E-state index in [0.717, 1.165) is 26.4 Å². The molecule has 57 heteroatoms. The molecule has 0 aliphatic carbocycles. The van der Waals surface area contributed by atoms with Crippen molar-refractivity contribution in [3.05, 3.63) is 88.5 Å². The van der Waals surface area contributed by atoms with Crippen LogP contribution < -0.4 is 0 Å². The molecule has 21 atom stereocenters. The fourth-order valence-corrected chi connectivity index (χ4v) is 9.33. The number of hydrogen-bond donors (Lipinski definition) is 35. The Bertz CT molecular complexity index is 4590. The summed E-state index contributed by atoms with van der Waals surface area (Å²) >= 11 is 0. The van der Waals surface area contributed by atoms with Crippen LogP contribution in [-0.4, -0.2) is 406 Å². The maximum Gasteiger partial charge on any atom is 0.350 e. The third-order valence-electron chi connectivity index (χ3n) is 16.0. The van der Waals surface area contributed by atoms with Gasteiger partial charge in [-0.15, -0.1) is 0 Å². The molecule has 7 rings (SSSR count). The molecule has 684 valence electrons. The fraction of sp³-hybridized carbons (Fsp3) is 0.358. The van der Waals surface area contributed by atoms with Gasteiger partial charge in [-0.3, -0.25) is 0 Å². The van der Waals surface area contributed by atoms with Crippen LogP contribution in [0.25, 0.3) is 0 Å². The lowest BCUT2D eigenvalue weighted by Crippen LogP contribution is -2.59. The highest BCUT2D eigenvalue weighted by atomic mass is 16.7. The van der Waals surface area contributed by atoms with Crippen molar-refractivity contribution in [1.82, 2.24) is 0 Å². The number of hydrogen-bond acceptors (Lipinski definition) is 52. The molecule has 0 aromatic heterocycles. The topological polar surface area (TPSA) is 1010 Å². The monoisotopic (exact) mass is 1790 g/mol. The molecule has 5 aromatic rings. The first-order valence-electron chi connectivity index (χ1n) is 33.0. The summed E-state index contributed by atoms with van der Waals surface area (Å²) in [5, 5.41) is 326. The first-order chi connectivity index (χ1) is 57.4. The van der Waals surface area contributed by atoms with Gasteiger partial charge in [0.1, 0.15) is 67.1 Å². The Morgan fingerprint density at radius 2 is 0.613 bits per heavy atom. The lowest BCUT2D eigenvalue weighted by molar-refractivity contribution is -0.285. The molecule has 2 fully saturated rings. The number of aliphatic hydroxyl groups is 15. The number of benzene rings is 5. The number of esters is 8. The Hall–Kier alpha value is -14.4. The average Bonchev–Trinajstić information content (AvgIpc) is 1.47. The molecule has 2 heterocycles. The fourth-order valence-electron chi connectivity index (χ4n) is 9.33. The molecule has 2 unspecified atom stereocenters. The van der Waals surface area contributed by atoms with Crippen molar-refractivity contribution in [2.24, 2.45) is 0 Å². The highest BCUT2D eigenvalue weighted by Crippen LogP contribution is 2.41. The number of carboxylic acid groups (broad SMARTS) is 5. The van der Waals surface area contributed by atoms with Gasteiger partial charge in [0.25, 0.3) is 0 Å². The van der Waals surface area contributed by atoms with Crippen LogP contribution in [0.4, 0.5) is 0 Å². The van der Waals surface area contributed by atoms with E-state index in [-0.39, 0.29) is 5.56 Å². The van der Waals surface area contributed by atoms with Crippen LogP contribution in [0.15, 0.2) is 60.7 Å². The van der Waals surface area contributed by atoms with Gasteiger partial charge in [-0.25, -0.2) is 62.3 Å². The summed E-state index contributed by atoms with van der Waals surface area (Å²) in [5.74, 6) is -33.8. The Kier molecular flexibility index (Phi) is 37.4. The van der Waals surface area contributed by atoms with Gasteiger partial charge >= 0.3 is 77.6 Å². The van der Waals surface area contributed by atoms with E-state index in [4.69, 9.17) is 50.3 Å². The maximum atomic E-state index is 12.0. The van der Waals surface area contributed by atoms with Crippen LogP contribution in [0.5, 0.6) is 86.2 Å². The zero-order valence-corrected chi connectivity index (χ0v) is 61.7. The van der Waals surface area contributed by atoms with Crippen molar-refractivity contribution in [2.75, 3.05) is 20.8 Å². The second-order valence-electron chi connectivity index (χ2n) is 24.6. The summed E-state index contributed by atoms with van der Waals surface area (Å²) in [7, 11) is 1.71. The molecular weight excluding hydrogens is 1720 g/mol. The number of aliphatic hydroxyl groups excluding tert-OH is 15. The SMILES string of the molecule is COC(=O)[C@@H](O)[C@H](O)[C@H](O)[C@@H](OC(=O)c1cc(O)c(O)c(O)c1)C(=O)O.COC(=O)[C@H](OC(=O)c1cc(O)c(O)c(O)c1)[C@@H](O)[C@@H](O)[C@H](O)C(=O)O.O=C(O[C@@H](C(=O)O)[C@@H](O)[C@@H](O)[C@H](O)C(=O)O)c1cc(O)c(O)c(O)c1.O=C(O[C@@H](C(=O)O)[C@H]1OC(=O)[C@@H](O)[C@@H]1O)c1cc(O)c(O)c(O)c1.O=C(O[C@@H]1OC(CO)[C@@H](O)[C@H](O)C1O)c1cc(O)c(O)c(O)c1. The highest BCUT2D eigenvalue weighted by molar-refractivity contribution is 5.96. The molecule has 2 saturated heterocycles.